The molecule has 0 unspecified atom stereocenters. The van der Waals surface area contributed by atoms with E-state index in [4.69, 9.17) is 19.8 Å². The summed E-state index contributed by atoms with van der Waals surface area (Å²) in [5.74, 6) is -3.65. The van der Waals surface area contributed by atoms with E-state index in [1.165, 1.54) is 5.30 Å². The Labute approximate surface area is 95.3 Å². The Morgan fingerprint density at radius 2 is 1.31 bits per heavy atom. The molecule has 0 radical (unpaired) electrons. The molecule has 0 bridgehead atoms. The molecule has 0 aliphatic carbocycles. The van der Waals surface area contributed by atoms with Gasteiger partial charge in [0.05, 0.1) is 25.3 Å². The molecule has 0 aromatic heterocycles. The predicted molar refractivity (Wildman–Crippen MR) is 66.0 cm³/mol. The Morgan fingerprint density at radius 1 is 0.938 bits per heavy atom. The Bertz CT molecular complexity index is 342. The van der Waals surface area contributed by atoms with Crippen LogP contribution < -0.4 is 5.30 Å². The summed E-state index contributed by atoms with van der Waals surface area (Å²) in [6.45, 7) is 7.01. The third-order valence-electron chi connectivity index (χ3n) is 1.71. The summed E-state index contributed by atoms with van der Waals surface area (Å²) in [6, 6.07) is 10.7. The summed E-state index contributed by atoms with van der Waals surface area (Å²) >= 11 is 0. The van der Waals surface area contributed by atoms with Crippen LogP contribution in [0.15, 0.2) is 30.3 Å². The molecule has 0 aliphatic heterocycles. The maximum atomic E-state index is 9.10. The highest BCUT2D eigenvalue weighted by atomic mass is 31.2. The SMILES string of the molecule is C[P+](C)(C)c1ccccc1.O=C(O)C(=O)O. The molecule has 0 atom stereocenters. The van der Waals surface area contributed by atoms with E-state index in [1.54, 1.807) is 0 Å². The van der Waals surface area contributed by atoms with Gasteiger partial charge in [-0.1, -0.05) is 18.2 Å². The minimum Gasteiger partial charge on any atom is -0.473 e. The minimum absolute atomic E-state index is 0.768. The van der Waals surface area contributed by atoms with Crippen LogP contribution in [0.2, 0.25) is 0 Å². The first kappa shape index (κ1) is 14.6. The van der Waals surface area contributed by atoms with E-state index in [-0.39, 0.29) is 0 Å². The van der Waals surface area contributed by atoms with Crippen LogP contribution in [-0.2, 0) is 9.59 Å². The van der Waals surface area contributed by atoms with Gasteiger partial charge in [0.2, 0.25) is 0 Å². The predicted octanol–water partition coefficient (Wildman–Crippen LogP) is 1.37. The standard InChI is InChI=1S/C9H14P.C2H2O4/c1-10(2,3)9-7-5-4-6-8-9;3-1(4)2(5)6/h4-8H,1-3H3;(H,3,4)(H,5,6)/q+1;. The zero-order chi connectivity index (χ0) is 12.8. The third-order valence-corrected chi connectivity index (χ3v) is 3.56. The average molecular weight is 243 g/mol. The molecule has 0 heterocycles. The first-order valence-electron chi connectivity index (χ1n) is 4.58. The highest BCUT2D eigenvalue weighted by Crippen LogP contribution is 2.44. The van der Waals surface area contributed by atoms with Crippen LogP contribution in [0.5, 0.6) is 0 Å². The fourth-order valence-corrected chi connectivity index (χ4v) is 1.94. The van der Waals surface area contributed by atoms with Gasteiger partial charge in [0, 0.05) is 7.26 Å². The maximum absolute atomic E-state index is 9.10. The third kappa shape index (κ3) is 6.14. The van der Waals surface area contributed by atoms with Crippen molar-refractivity contribution in [3.63, 3.8) is 0 Å². The quantitative estimate of drug-likeness (QED) is 0.577. The second kappa shape index (κ2) is 6.23. The zero-order valence-corrected chi connectivity index (χ0v) is 10.4. The fraction of sp³-hybridized carbons (Fsp3) is 0.273. The van der Waals surface area contributed by atoms with Crippen LogP contribution in [-0.4, -0.2) is 42.1 Å². The van der Waals surface area contributed by atoms with Crippen molar-refractivity contribution >= 4 is 24.5 Å². The van der Waals surface area contributed by atoms with Crippen molar-refractivity contribution in [1.29, 1.82) is 0 Å². The number of carboxylic acids is 2. The van der Waals surface area contributed by atoms with E-state index in [0.29, 0.717) is 0 Å². The first-order chi connectivity index (χ1) is 7.25. The van der Waals surface area contributed by atoms with Gasteiger partial charge in [0.15, 0.2) is 0 Å². The molecular weight excluding hydrogens is 227 g/mol. The smallest absolute Gasteiger partial charge is 0.414 e. The van der Waals surface area contributed by atoms with Gasteiger partial charge in [-0.15, -0.1) is 0 Å². The topological polar surface area (TPSA) is 74.6 Å². The van der Waals surface area contributed by atoms with Crippen LogP contribution in [0.25, 0.3) is 0 Å². The summed E-state index contributed by atoms with van der Waals surface area (Å²) in [6.07, 6.45) is 0. The number of carboxylic acid groups (broad SMARTS) is 2. The minimum atomic E-state index is -1.82. The number of carbonyl (C=O) groups is 2. The van der Waals surface area contributed by atoms with Crippen molar-refractivity contribution in [2.75, 3.05) is 20.0 Å². The van der Waals surface area contributed by atoms with Gasteiger partial charge >= 0.3 is 11.9 Å². The van der Waals surface area contributed by atoms with E-state index < -0.39 is 19.2 Å². The maximum Gasteiger partial charge on any atom is 0.414 e. The van der Waals surface area contributed by atoms with E-state index in [0.717, 1.165) is 0 Å². The van der Waals surface area contributed by atoms with Crippen molar-refractivity contribution in [2.24, 2.45) is 0 Å². The van der Waals surface area contributed by atoms with Gasteiger partial charge in [0.1, 0.15) is 0 Å². The van der Waals surface area contributed by atoms with Gasteiger partial charge in [-0.05, 0) is 12.1 Å². The first-order valence-corrected chi connectivity index (χ1v) is 7.71. The molecule has 0 saturated heterocycles. The summed E-state index contributed by atoms with van der Waals surface area (Å²) in [5.41, 5.74) is 0. The number of hydrogen-bond donors (Lipinski definition) is 2. The van der Waals surface area contributed by atoms with Crippen LogP contribution in [0.1, 0.15) is 0 Å². The molecule has 4 nitrogen and oxygen atoms in total. The molecule has 1 aromatic rings. The van der Waals surface area contributed by atoms with E-state index in [2.05, 4.69) is 50.3 Å². The Morgan fingerprint density at radius 3 is 1.50 bits per heavy atom. The summed E-state index contributed by atoms with van der Waals surface area (Å²) in [4.78, 5) is 18.2. The van der Waals surface area contributed by atoms with Crippen LogP contribution in [0, 0.1) is 0 Å². The van der Waals surface area contributed by atoms with E-state index in [9.17, 15) is 0 Å². The molecule has 0 saturated carbocycles. The van der Waals surface area contributed by atoms with Crippen molar-refractivity contribution < 1.29 is 19.8 Å². The van der Waals surface area contributed by atoms with E-state index in [1.807, 2.05) is 0 Å². The number of hydrogen-bond acceptors (Lipinski definition) is 2. The average Bonchev–Trinajstić information content (AvgIpc) is 2.18. The molecule has 0 spiro atoms. The van der Waals surface area contributed by atoms with Crippen molar-refractivity contribution in [3.8, 4) is 0 Å². The largest absolute Gasteiger partial charge is 0.473 e. The van der Waals surface area contributed by atoms with Gasteiger partial charge in [-0.25, -0.2) is 9.59 Å². The van der Waals surface area contributed by atoms with Crippen molar-refractivity contribution in [2.45, 2.75) is 0 Å². The molecule has 0 amide bonds. The Hall–Kier alpha value is -1.41. The van der Waals surface area contributed by atoms with Gasteiger partial charge in [0.25, 0.3) is 0 Å². The van der Waals surface area contributed by atoms with Gasteiger partial charge < -0.3 is 10.2 Å². The zero-order valence-electron chi connectivity index (χ0n) is 9.54. The molecule has 0 aliphatic rings. The molecule has 1 aromatic carbocycles. The lowest BCUT2D eigenvalue weighted by atomic mass is 10.4. The number of aliphatic carboxylic acids is 2. The molecule has 1 rings (SSSR count). The lowest BCUT2D eigenvalue weighted by Crippen LogP contribution is -2.09. The molecule has 0 fully saturated rings. The second-order valence-electron chi connectivity index (χ2n) is 3.96. The van der Waals surface area contributed by atoms with Gasteiger partial charge in [-0.2, -0.15) is 0 Å². The summed E-state index contributed by atoms with van der Waals surface area (Å²) in [5, 5.41) is 16.3. The van der Waals surface area contributed by atoms with Crippen LogP contribution in [0.3, 0.4) is 0 Å². The van der Waals surface area contributed by atoms with Gasteiger partial charge in [-0.3, -0.25) is 0 Å². The molecule has 16 heavy (non-hydrogen) atoms. The molecule has 2 N–H and O–H groups in total. The second-order valence-corrected chi connectivity index (χ2v) is 8.50. The van der Waals surface area contributed by atoms with Crippen molar-refractivity contribution in [3.05, 3.63) is 30.3 Å². The Balaban J connectivity index is 0.000000325. The normalized spacial score (nSPS) is 9.94. The number of rotatable bonds is 1. The fourth-order valence-electron chi connectivity index (χ4n) is 0.875. The highest BCUT2D eigenvalue weighted by molar-refractivity contribution is 7.80. The van der Waals surface area contributed by atoms with Crippen LogP contribution in [0.4, 0.5) is 0 Å². The molecule has 88 valence electrons. The van der Waals surface area contributed by atoms with Crippen LogP contribution >= 0.6 is 7.26 Å². The molecular formula is C11H16O4P+. The Kier molecular flexibility index (Phi) is 5.68. The monoisotopic (exact) mass is 243 g/mol. The van der Waals surface area contributed by atoms with Crippen molar-refractivity contribution in [1.82, 2.24) is 0 Å². The highest BCUT2D eigenvalue weighted by Gasteiger charge is 2.19. The summed E-state index contributed by atoms with van der Waals surface area (Å²) < 4.78 is 0. The lowest BCUT2D eigenvalue weighted by Gasteiger charge is -2.10. The lowest BCUT2D eigenvalue weighted by molar-refractivity contribution is -0.159. The van der Waals surface area contributed by atoms with E-state index >= 15 is 0 Å². The molecule has 5 heteroatoms. The number of benzene rings is 1. The summed E-state index contributed by atoms with van der Waals surface area (Å²) in [7, 11) is -0.768.